The third-order valence-corrected chi connectivity index (χ3v) is 4.63. The Morgan fingerprint density at radius 1 is 1.57 bits per heavy atom. The second-order valence-corrected chi connectivity index (χ2v) is 7.33. The Balaban J connectivity index is 1.44. The minimum atomic E-state index is 0.000311. The maximum Gasteiger partial charge on any atom is 0.226 e. The average molecular weight is 336 g/mol. The highest BCUT2D eigenvalue weighted by Gasteiger charge is 2.21. The summed E-state index contributed by atoms with van der Waals surface area (Å²) >= 11 is 1.57. The van der Waals surface area contributed by atoms with Crippen molar-refractivity contribution in [2.45, 2.75) is 26.4 Å². The summed E-state index contributed by atoms with van der Waals surface area (Å²) < 4.78 is 7.70. The highest BCUT2D eigenvalue weighted by Crippen LogP contribution is 2.12. The number of carbonyl (C=O) groups is 1. The molecule has 6 nitrogen and oxygen atoms in total. The number of thiazole rings is 1. The second-order valence-electron chi connectivity index (χ2n) is 6.45. The number of ether oxygens (including phenoxy) is 1. The molecule has 1 fully saturated rings. The molecule has 1 aliphatic rings. The minimum Gasteiger partial charge on any atom is -0.374 e. The molecule has 0 spiro atoms. The molecule has 7 heteroatoms. The first-order valence-corrected chi connectivity index (χ1v) is 9.00. The SMILES string of the molecule is CC(C)CN1CCOC(CNC(=O)Cc2cn3ccsc3n2)C1. The first kappa shape index (κ1) is 16.4. The fourth-order valence-electron chi connectivity index (χ4n) is 2.90. The Morgan fingerprint density at radius 3 is 3.22 bits per heavy atom. The first-order chi connectivity index (χ1) is 11.1. The summed E-state index contributed by atoms with van der Waals surface area (Å²) in [4.78, 5) is 19.9. The Bertz CT molecular complexity index is 623. The number of imidazole rings is 1. The monoisotopic (exact) mass is 336 g/mol. The molecule has 1 amide bonds. The Labute approximate surface area is 140 Å². The van der Waals surface area contributed by atoms with Crippen LogP contribution >= 0.6 is 11.3 Å². The van der Waals surface area contributed by atoms with Gasteiger partial charge in [0.15, 0.2) is 4.96 Å². The van der Waals surface area contributed by atoms with Gasteiger partial charge in [-0.3, -0.25) is 14.1 Å². The molecule has 1 saturated heterocycles. The normalized spacial score (nSPS) is 19.5. The largest absolute Gasteiger partial charge is 0.374 e. The van der Waals surface area contributed by atoms with Crippen molar-refractivity contribution in [2.75, 3.05) is 32.8 Å². The van der Waals surface area contributed by atoms with Crippen LogP contribution in [0.4, 0.5) is 0 Å². The number of fused-ring (bicyclic) bond motifs is 1. The number of nitrogens with one attached hydrogen (secondary N) is 1. The van der Waals surface area contributed by atoms with Crippen LogP contribution < -0.4 is 5.32 Å². The van der Waals surface area contributed by atoms with E-state index < -0.39 is 0 Å². The van der Waals surface area contributed by atoms with Crippen molar-refractivity contribution in [3.05, 3.63) is 23.5 Å². The van der Waals surface area contributed by atoms with E-state index in [0.29, 0.717) is 18.9 Å². The van der Waals surface area contributed by atoms with E-state index in [-0.39, 0.29) is 12.0 Å². The van der Waals surface area contributed by atoms with Crippen molar-refractivity contribution >= 4 is 22.2 Å². The van der Waals surface area contributed by atoms with Gasteiger partial charge in [0, 0.05) is 44.0 Å². The number of amides is 1. The van der Waals surface area contributed by atoms with E-state index in [1.807, 2.05) is 22.2 Å². The Kier molecular flexibility index (Phi) is 5.30. The summed E-state index contributed by atoms with van der Waals surface area (Å²) in [5, 5.41) is 4.96. The lowest BCUT2D eigenvalue weighted by Gasteiger charge is -2.33. The van der Waals surface area contributed by atoms with Gasteiger partial charge >= 0.3 is 0 Å². The van der Waals surface area contributed by atoms with Crippen molar-refractivity contribution in [1.82, 2.24) is 19.6 Å². The lowest BCUT2D eigenvalue weighted by molar-refractivity contribution is -0.121. The smallest absolute Gasteiger partial charge is 0.226 e. The minimum absolute atomic E-state index is 0.000311. The van der Waals surface area contributed by atoms with E-state index in [1.165, 1.54) is 0 Å². The Morgan fingerprint density at radius 2 is 2.43 bits per heavy atom. The zero-order valence-electron chi connectivity index (χ0n) is 13.7. The molecule has 23 heavy (non-hydrogen) atoms. The highest BCUT2D eigenvalue weighted by molar-refractivity contribution is 7.15. The van der Waals surface area contributed by atoms with Gasteiger partial charge in [-0.1, -0.05) is 13.8 Å². The van der Waals surface area contributed by atoms with Gasteiger partial charge in [-0.05, 0) is 5.92 Å². The van der Waals surface area contributed by atoms with Crippen LogP contribution in [0, 0.1) is 5.92 Å². The number of morpholine rings is 1. The van der Waals surface area contributed by atoms with Gasteiger partial charge in [-0.15, -0.1) is 11.3 Å². The molecule has 0 bridgehead atoms. The van der Waals surface area contributed by atoms with Gasteiger partial charge in [0.1, 0.15) is 0 Å². The second kappa shape index (κ2) is 7.42. The van der Waals surface area contributed by atoms with Crippen LogP contribution in [0.15, 0.2) is 17.8 Å². The van der Waals surface area contributed by atoms with Crippen LogP contribution in [0.2, 0.25) is 0 Å². The van der Waals surface area contributed by atoms with Crippen molar-refractivity contribution in [2.24, 2.45) is 5.92 Å². The molecule has 0 aromatic carbocycles. The zero-order chi connectivity index (χ0) is 16.2. The van der Waals surface area contributed by atoms with Gasteiger partial charge in [0.2, 0.25) is 5.91 Å². The molecular formula is C16H24N4O2S. The average Bonchev–Trinajstić information content (AvgIpc) is 3.06. The number of aromatic nitrogens is 2. The van der Waals surface area contributed by atoms with Crippen LogP contribution in [0.3, 0.4) is 0 Å². The van der Waals surface area contributed by atoms with Crippen molar-refractivity contribution in [1.29, 1.82) is 0 Å². The molecule has 2 aromatic rings. The van der Waals surface area contributed by atoms with Crippen LogP contribution in [0.25, 0.3) is 4.96 Å². The summed E-state index contributed by atoms with van der Waals surface area (Å²) in [5.41, 5.74) is 0.806. The molecular weight excluding hydrogens is 312 g/mol. The summed E-state index contributed by atoms with van der Waals surface area (Å²) in [7, 11) is 0. The van der Waals surface area contributed by atoms with Gasteiger partial charge in [-0.2, -0.15) is 0 Å². The van der Waals surface area contributed by atoms with Crippen LogP contribution in [-0.4, -0.2) is 59.1 Å². The quantitative estimate of drug-likeness (QED) is 0.867. The standard InChI is InChI=1S/C16H24N4O2S/c1-12(2)9-19-3-5-22-14(11-19)8-17-15(21)7-13-10-20-4-6-23-16(20)18-13/h4,6,10,12,14H,3,5,7-9,11H2,1-2H3,(H,17,21). The predicted molar refractivity (Wildman–Crippen MR) is 90.8 cm³/mol. The van der Waals surface area contributed by atoms with E-state index in [0.717, 1.165) is 36.9 Å². The van der Waals surface area contributed by atoms with Gasteiger partial charge in [0.05, 0.1) is 24.8 Å². The summed E-state index contributed by atoms with van der Waals surface area (Å²) in [5.74, 6) is 0.651. The lowest BCUT2D eigenvalue weighted by atomic mass is 10.2. The molecule has 1 N–H and O–H groups in total. The van der Waals surface area contributed by atoms with E-state index in [9.17, 15) is 4.79 Å². The maximum atomic E-state index is 12.1. The number of nitrogens with zero attached hydrogens (tertiary/aromatic N) is 3. The number of rotatable bonds is 6. The fourth-order valence-corrected chi connectivity index (χ4v) is 3.62. The van der Waals surface area contributed by atoms with Crippen LogP contribution in [0.5, 0.6) is 0 Å². The summed E-state index contributed by atoms with van der Waals surface area (Å²) in [6.07, 6.45) is 4.26. The maximum absolute atomic E-state index is 12.1. The molecule has 3 rings (SSSR count). The number of hydrogen-bond acceptors (Lipinski definition) is 5. The Hall–Kier alpha value is -1.44. The molecule has 0 saturated carbocycles. The molecule has 1 atom stereocenters. The zero-order valence-corrected chi connectivity index (χ0v) is 14.5. The molecule has 1 unspecified atom stereocenters. The van der Waals surface area contributed by atoms with Gasteiger partial charge in [-0.25, -0.2) is 4.98 Å². The third kappa shape index (κ3) is 4.53. The topological polar surface area (TPSA) is 58.9 Å². The predicted octanol–water partition coefficient (Wildman–Crippen LogP) is 1.41. The molecule has 3 heterocycles. The van der Waals surface area contributed by atoms with Crippen molar-refractivity contribution in [3.8, 4) is 0 Å². The molecule has 1 aliphatic heterocycles. The van der Waals surface area contributed by atoms with Crippen molar-refractivity contribution < 1.29 is 9.53 Å². The summed E-state index contributed by atoms with van der Waals surface area (Å²) in [6.45, 7) is 8.70. The van der Waals surface area contributed by atoms with E-state index >= 15 is 0 Å². The third-order valence-electron chi connectivity index (χ3n) is 3.86. The van der Waals surface area contributed by atoms with E-state index in [1.54, 1.807) is 11.3 Å². The van der Waals surface area contributed by atoms with Crippen LogP contribution in [0.1, 0.15) is 19.5 Å². The molecule has 2 aromatic heterocycles. The lowest BCUT2D eigenvalue weighted by Crippen LogP contribution is -2.48. The molecule has 0 aliphatic carbocycles. The fraction of sp³-hybridized carbons (Fsp3) is 0.625. The van der Waals surface area contributed by atoms with E-state index in [4.69, 9.17) is 4.74 Å². The van der Waals surface area contributed by atoms with Gasteiger partial charge < -0.3 is 10.1 Å². The molecule has 126 valence electrons. The molecule has 0 radical (unpaired) electrons. The van der Waals surface area contributed by atoms with Gasteiger partial charge in [0.25, 0.3) is 0 Å². The number of carbonyl (C=O) groups excluding carboxylic acids is 1. The highest BCUT2D eigenvalue weighted by atomic mass is 32.1. The summed E-state index contributed by atoms with van der Waals surface area (Å²) in [6, 6.07) is 0. The van der Waals surface area contributed by atoms with Crippen LogP contribution in [-0.2, 0) is 16.0 Å². The van der Waals surface area contributed by atoms with E-state index in [2.05, 4.69) is 29.0 Å². The first-order valence-electron chi connectivity index (χ1n) is 8.12. The van der Waals surface area contributed by atoms with Crippen molar-refractivity contribution in [3.63, 3.8) is 0 Å². The number of hydrogen-bond donors (Lipinski definition) is 1.